The van der Waals surface area contributed by atoms with Crippen LogP contribution in [0.5, 0.6) is 0 Å². The van der Waals surface area contributed by atoms with Crippen molar-refractivity contribution in [1.29, 1.82) is 0 Å². The normalized spacial score (nSPS) is 11.5. The topological polar surface area (TPSA) is 39.2 Å². The second kappa shape index (κ2) is 4.93. The largest absolute Gasteiger partial charge is 0.460 e. The number of fused-ring (bicyclic) bond motifs is 1. The molecule has 0 saturated carbocycles. The standard InChI is InChI=1S/C13H17NOS/c1-9(2)16-8-12-6-11-5-10(7-14)3-4-13(11)15-12/h3-6,9H,7-8,14H2,1-2H3. The summed E-state index contributed by atoms with van der Waals surface area (Å²) < 4.78 is 5.76. The second-order valence-electron chi connectivity index (χ2n) is 4.15. The Kier molecular flexibility index (Phi) is 3.56. The van der Waals surface area contributed by atoms with Gasteiger partial charge in [0, 0.05) is 11.9 Å². The van der Waals surface area contributed by atoms with Crippen LogP contribution in [0, 0.1) is 0 Å². The van der Waals surface area contributed by atoms with Crippen LogP contribution >= 0.6 is 11.8 Å². The molecule has 1 aromatic heterocycles. The van der Waals surface area contributed by atoms with E-state index in [2.05, 4.69) is 26.0 Å². The highest BCUT2D eigenvalue weighted by Crippen LogP contribution is 2.25. The number of rotatable bonds is 4. The van der Waals surface area contributed by atoms with E-state index in [4.69, 9.17) is 10.2 Å². The van der Waals surface area contributed by atoms with Gasteiger partial charge in [0.05, 0.1) is 5.75 Å². The molecule has 2 rings (SSSR count). The SMILES string of the molecule is CC(C)SCc1cc2cc(CN)ccc2o1. The predicted octanol–water partition coefficient (Wildman–Crippen LogP) is 3.53. The molecule has 0 fully saturated rings. The van der Waals surface area contributed by atoms with Crippen molar-refractivity contribution in [2.75, 3.05) is 0 Å². The fourth-order valence-electron chi connectivity index (χ4n) is 1.59. The minimum atomic E-state index is 0.581. The molecular weight excluding hydrogens is 218 g/mol. The molecular formula is C13H17NOS. The molecule has 0 radical (unpaired) electrons. The van der Waals surface area contributed by atoms with Crippen LogP contribution < -0.4 is 5.73 Å². The quantitative estimate of drug-likeness (QED) is 0.881. The lowest BCUT2D eigenvalue weighted by Gasteiger charge is -2.00. The van der Waals surface area contributed by atoms with Gasteiger partial charge in [0.25, 0.3) is 0 Å². The zero-order chi connectivity index (χ0) is 11.5. The zero-order valence-electron chi connectivity index (χ0n) is 9.69. The van der Waals surface area contributed by atoms with Crippen LogP contribution in [0.15, 0.2) is 28.7 Å². The van der Waals surface area contributed by atoms with Crippen molar-refractivity contribution in [1.82, 2.24) is 0 Å². The molecule has 0 unspecified atom stereocenters. The Morgan fingerprint density at radius 1 is 1.31 bits per heavy atom. The van der Waals surface area contributed by atoms with Gasteiger partial charge >= 0.3 is 0 Å². The van der Waals surface area contributed by atoms with Gasteiger partial charge in [-0.15, -0.1) is 0 Å². The molecule has 2 aromatic rings. The Balaban J connectivity index is 2.22. The third-order valence-electron chi connectivity index (χ3n) is 2.43. The van der Waals surface area contributed by atoms with E-state index in [1.807, 2.05) is 23.9 Å². The molecule has 3 heteroatoms. The second-order valence-corrected chi connectivity index (χ2v) is 5.71. The Morgan fingerprint density at radius 3 is 2.81 bits per heavy atom. The van der Waals surface area contributed by atoms with Crippen molar-refractivity contribution < 1.29 is 4.42 Å². The molecule has 0 aliphatic carbocycles. The van der Waals surface area contributed by atoms with Crippen LogP contribution in [-0.4, -0.2) is 5.25 Å². The number of hydrogen-bond acceptors (Lipinski definition) is 3. The predicted molar refractivity (Wildman–Crippen MR) is 70.5 cm³/mol. The first kappa shape index (κ1) is 11.6. The van der Waals surface area contributed by atoms with E-state index >= 15 is 0 Å². The molecule has 86 valence electrons. The molecule has 16 heavy (non-hydrogen) atoms. The maximum absolute atomic E-state index is 5.76. The average Bonchev–Trinajstić information content (AvgIpc) is 2.67. The van der Waals surface area contributed by atoms with E-state index in [1.54, 1.807) is 0 Å². The van der Waals surface area contributed by atoms with Gasteiger partial charge in [0.1, 0.15) is 11.3 Å². The van der Waals surface area contributed by atoms with Crippen molar-refractivity contribution in [3.63, 3.8) is 0 Å². The summed E-state index contributed by atoms with van der Waals surface area (Å²) in [7, 11) is 0. The lowest BCUT2D eigenvalue weighted by atomic mass is 10.1. The Bertz CT molecular complexity index is 476. The summed E-state index contributed by atoms with van der Waals surface area (Å²) >= 11 is 1.89. The van der Waals surface area contributed by atoms with Gasteiger partial charge in [0.15, 0.2) is 0 Å². The Morgan fingerprint density at radius 2 is 2.12 bits per heavy atom. The van der Waals surface area contributed by atoms with Gasteiger partial charge in [0.2, 0.25) is 0 Å². The molecule has 0 amide bonds. The molecule has 0 spiro atoms. The summed E-state index contributed by atoms with van der Waals surface area (Å²) in [6.45, 7) is 4.97. The first-order valence-corrected chi connectivity index (χ1v) is 6.57. The Hall–Kier alpha value is -0.930. The van der Waals surface area contributed by atoms with Crippen molar-refractivity contribution in [2.24, 2.45) is 5.73 Å². The lowest BCUT2D eigenvalue weighted by Crippen LogP contribution is -1.94. The highest BCUT2D eigenvalue weighted by molar-refractivity contribution is 7.99. The van der Waals surface area contributed by atoms with Gasteiger partial charge in [-0.3, -0.25) is 0 Å². The molecule has 0 bridgehead atoms. The van der Waals surface area contributed by atoms with Gasteiger partial charge in [-0.2, -0.15) is 11.8 Å². The maximum atomic E-state index is 5.76. The van der Waals surface area contributed by atoms with E-state index in [0.717, 1.165) is 28.0 Å². The summed E-state index contributed by atoms with van der Waals surface area (Å²) in [5, 5.41) is 1.79. The average molecular weight is 235 g/mol. The highest BCUT2D eigenvalue weighted by Gasteiger charge is 2.05. The zero-order valence-corrected chi connectivity index (χ0v) is 10.5. The van der Waals surface area contributed by atoms with E-state index in [0.29, 0.717) is 11.8 Å². The fourth-order valence-corrected chi connectivity index (χ4v) is 2.23. The molecule has 2 N–H and O–H groups in total. The van der Waals surface area contributed by atoms with E-state index in [-0.39, 0.29) is 0 Å². The van der Waals surface area contributed by atoms with E-state index in [9.17, 15) is 0 Å². The van der Waals surface area contributed by atoms with Gasteiger partial charge in [-0.05, 0) is 29.0 Å². The van der Waals surface area contributed by atoms with Crippen LogP contribution in [-0.2, 0) is 12.3 Å². The number of nitrogens with two attached hydrogens (primary N) is 1. The molecule has 0 saturated heterocycles. The van der Waals surface area contributed by atoms with Crippen LogP contribution in [0.2, 0.25) is 0 Å². The minimum Gasteiger partial charge on any atom is -0.460 e. The molecule has 0 aliphatic heterocycles. The summed E-state index contributed by atoms with van der Waals surface area (Å²) in [5.41, 5.74) is 7.72. The maximum Gasteiger partial charge on any atom is 0.134 e. The van der Waals surface area contributed by atoms with Gasteiger partial charge in [-0.25, -0.2) is 0 Å². The molecule has 1 heterocycles. The fraction of sp³-hybridized carbons (Fsp3) is 0.385. The number of thioether (sulfide) groups is 1. The molecule has 2 nitrogen and oxygen atoms in total. The van der Waals surface area contributed by atoms with Crippen molar-refractivity contribution in [3.05, 3.63) is 35.6 Å². The number of benzene rings is 1. The third kappa shape index (κ3) is 2.60. The van der Waals surface area contributed by atoms with Crippen LogP contribution in [0.1, 0.15) is 25.2 Å². The Labute approximate surface area is 100 Å². The summed E-state index contributed by atoms with van der Waals surface area (Å²) in [6.07, 6.45) is 0. The summed E-state index contributed by atoms with van der Waals surface area (Å²) in [6, 6.07) is 8.23. The van der Waals surface area contributed by atoms with E-state index < -0.39 is 0 Å². The summed E-state index contributed by atoms with van der Waals surface area (Å²) in [4.78, 5) is 0. The minimum absolute atomic E-state index is 0.581. The molecule has 0 atom stereocenters. The number of hydrogen-bond donors (Lipinski definition) is 1. The monoisotopic (exact) mass is 235 g/mol. The van der Waals surface area contributed by atoms with Gasteiger partial charge in [-0.1, -0.05) is 19.9 Å². The van der Waals surface area contributed by atoms with Crippen molar-refractivity contribution in [2.45, 2.75) is 31.4 Å². The van der Waals surface area contributed by atoms with E-state index in [1.165, 1.54) is 0 Å². The van der Waals surface area contributed by atoms with Crippen LogP contribution in [0.3, 0.4) is 0 Å². The first-order valence-electron chi connectivity index (χ1n) is 5.52. The van der Waals surface area contributed by atoms with Crippen molar-refractivity contribution >= 4 is 22.7 Å². The highest BCUT2D eigenvalue weighted by atomic mass is 32.2. The number of furan rings is 1. The van der Waals surface area contributed by atoms with Crippen molar-refractivity contribution in [3.8, 4) is 0 Å². The molecule has 0 aliphatic rings. The first-order chi connectivity index (χ1) is 7.69. The smallest absolute Gasteiger partial charge is 0.134 e. The molecule has 1 aromatic carbocycles. The van der Waals surface area contributed by atoms with Crippen LogP contribution in [0.25, 0.3) is 11.0 Å². The lowest BCUT2D eigenvalue weighted by molar-refractivity contribution is 0.574. The van der Waals surface area contributed by atoms with Gasteiger partial charge < -0.3 is 10.2 Å². The third-order valence-corrected chi connectivity index (χ3v) is 3.54. The summed E-state index contributed by atoms with van der Waals surface area (Å²) in [5.74, 6) is 1.98. The van der Waals surface area contributed by atoms with Crippen LogP contribution in [0.4, 0.5) is 0 Å².